The highest BCUT2D eigenvalue weighted by Gasteiger charge is 2.08. The summed E-state index contributed by atoms with van der Waals surface area (Å²) in [6.07, 6.45) is 0. The highest BCUT2D eigenvalue weighted by molar-refractivity contribution is 9.10. The van der Waals surface area contributed by atoms with Crippen molar-refractivity contribution in [3.63, 3.8) is 0 Å². The second kappa shape index (κ2) is 4.60. The third kappa shape index (κ3) is 2.69. The van der Waals surface area contributed by atoms with Crippen molar-refractivity contribution in [2.24, 2.45) is 0 Å². The Morgan fingerprint density at radius 3 is 2.77 bits per heavy atom. The van der Waals surface area contributed by atoms with E-state index in [0.29, 0.717) is 6.54 Å². The Morgan fingerprint density at radius 1 is 1.54 bits per heavy atom. The van der Waals surface area contributed by atoms with E-state index in [1.54, 1.807) is 14.2 Å². The molecule has 0 radical (unpaired) electrons. The van der Waals surface area contributed by atoms with Crippen molar-refractivity contribution < 1.29 is 9.94 Å². The summed E-state index contributed by atoms with van der Waals surface area (Å²) >= 11 is 3.40. The van der Waals surface area contributed by atoms with E-state index >= 15 is 0 Å². The van der Waals surface area contributed by atoms with Gasteiger partial charge in [0.2, 0.25) is 0 Å². The zero-order valence-electron chi connectivity index (χ0n) is 7.62. The van der Waals surface area contributed by atoms with Crippen LogP contribution in [0.2, 0.25) is 0 Å². The highest BCUT2D eigenvalue weighted by Crippen LogP contribution is 2.27. The summed E-state index contributed by atoms with van der Waals surface area (Å²) in [6, 6.07) is 5.68. The van der Waals surface area contributed by atoms with Crippen molar-refractivity contribution in [2.75, 3.05) is 14.2 Å². The van der Waals surface area contributed by atoms with E-state index in [4.69, 9.17) is 9.94 Å². The van der Waals surface area contributed by atoms with Gasteiger partial charge in [0.1, 0.15) is 5.75 Å². The molecule has 0 aromatic heterocycles. The van der Waals surface area contributed by atoms with Gasteiger partial charge in [0.15, 0.2) is 0 Å². The molecule has 0 bridgehead atoms. The summed E-state index contributed by atoms with van der Waals surface area (Å²) in [7, 11) is 3.21. The van der Waals surface area contributed by atoms with Gasteiger partial charge in [-0.1, -0.05) is 22.0 Å². The van der Waals surface area contributed by atoms with Crippen molar-refractivity contribution in [1.29, 1.82) is 0 Å². The molecule has 0 saturated heterocycles. The smallest absolute Gasteiger partial charge is 0.124 e. The van der Waals surface area contributed by atoms with Crippen molar-refractivity contribution in [3.8, 4) is 5.75 Å². The van der Waals surface area contributed by atoms with E-state index in [9.17, 15) is 0 Å². The Hall–Kier alpha value is -0.580. The lowest BCUT2D eigenvalue weighted by atomic mass is 10.2. The van der Waals surface area contributed by atoms with E-state index in [1.165, 1.54) is 0 Å². The van der Waals surface area contributed by atoms with Crippen LogP contribution in [0.25, 0.3) is 0 Å². The SMILES string of the molecule is COc1cccc(Br)c1CN(C)O. The van der Waals surface area contributed by atoms with Crippen LogP contribution in [-0.2, 0) is 6.54 Å². The minimum absolute atomic E-state index is 0.435. The van der Waals surface area contributed by atoms with Crippen LogP contribution in [-0.4, -0.2) is 24.4 Å². The van der Waals surface area contributed by atoms with Crippen molar-refractivity contribution >= 4 is 15.9 Å². The van der Waals surface area contributed by atoms with Crippen LogP contribution in [0.5, 0.6) is 5.75 Å². The monoisotopic (exact) mass is 245 g/mol. The first-order valence-electron chi connectivity index (χ1n) is 3.86. The summed E-state index contributed by atoms with van der Waals surface area (Å²) in [4.78, 5) is 0. The number of rotatable bonds is 3. The molecule has 0 spiro atoms. The van der Waals surface area contributed by atoms with Gasteiger partial charge in [-0.25, -0.2) is 0 Å². The molecule has 3 nitrogen and oxygen atoms in total. The lowest BCUT2D eigenvalue weighted by Gasteiger charge is -2.13. The van der Waals surface area contributed by atoms with Gasteiger partial charge in [0.25, 0.3) is 0 Å². The first kappa shape index (κ1) is 10.5. The summed E-state index contributed by atoms with van der Waals surface area (Å²) in [5.74, 6) is 0.773. The van der Waals surface area contributed by atoms with E-state index in [0.717, 1.165) is 20.8 Å². The summed E-state index contributed by atoms with van der Waals surface area (Å²) in [5.41, 5.74) is 0.940. The van der Waals surface area contributed by atoms with Gasteiger partial charge in [0, 0.05) is 17.1 Å². The lowest BCUT2D eigenvalue weighted by molar-refractivity contribution is -0.0737. The van der Waals surface area contributed by atoms with Gasteiger partial charge in [-0.2, -0.15) is 5.06 Å². The topological polar surface area (TPSA) is 32.7 Å². The zero-order chi connectivity index (χ0) is 9.84. The fraction of sp³-hybridized carbons (Fsp3) is 0.333. The van der Waals surface area contributed by atoms with Gasteiger partial charge in [-0.15, -0.1) is 0 Å². The molecule has 0 fully saturated rings. The minimum atomic E-state index is 0.435. The molecular weight excluding hydrogens is 234 g/mol. The van der Waals surface area contributed by atoms with Gasteiger partial charge in [-0.3, -0.25) is 0 Å². The Bertz CT molecular complexity index is 289. The number of methoxy groups -OCH3 is 1. The van der Waals surface area contributed by atoms with Crippen molar-refractivity contribution in [3.05, 3.63) is 28.2 Å². The number of nitrogens with zero attached hydrogens (tertiary/aromatic N) is 1. The summed E-state index contributed by atoms with van der Waals surface area (Å²) < 4.78 is 6.10. The Labute approximate surface area is 86.0 Å². The molecule has 0 aliphatic carbocycles. The molecule has 1 rings (SSSR count). The van der Waals surface area contributed by atoms with Crippen LogP contribution in [0.4, 0.5) is 0 Å². The molecule has 0 atom stereocenters. The molecule has 0 heterocycles. The Balaban J connectivity index is 3.00. The largest absolute Gasteiger partial charge is 0.496 e. The van der Waals surface area contributed by atoms with Gasteiger partial charge < -0.3 is 9.94 Å². The fourth-order valence-corrected chi connectivity index (χ4v) is 1.59. The molecule has 0 aliphatic heterocycles. The molecular formula is C9H12BrNO2. The predicted molar refractivity (Wildman–Crippen MR) is 53.9 cm³/mol. The molecule has 13 heavy (non-hydrogen) atoms. The predicted octanol–water partition coefficient (Wildman–Crippen LogP) is 2.28. The zero-order valence-corrected chi connectivity index (χ0v) is 9.21. The molecule has 72 valence electrons. The molecule has 1 N–H and O–H groups in total. The number of hydrogen-bond donors (Lipinski definition) is 1. The van der Waals surface area contributed by atoms with Crippen LogP contribution < -0.4 is 4.74 Å². The third-order valence-electron chi connectivity index (χ3n) is 1.68. The normalized spacial score (nSPS) is 10.5. The van der Waals surface area contributed by atoms with E-state index in [2.05, 4.69) is 15.9 Å². The fourth-order valence-electron chi connectivity index (χ4n) is 1.11. The van der Waals surface area contributed by atoms with E-state index in [1.807, 2.05) is 18.2 Å². The maximum atomic E-state index is 9.11. The Morgan fingerprint density at radius 2 is 2.23 bits per heavy atom. The molecule has 0 aliphatic rings. The van der Waals surface area contributed by atoms with Crippen LogP contribution in [0.3, 0.4) is 0 Å². The number of hydrogen-bond acceptors (Lipinski definition) is 3. The molecule has 0 saturated carbocycles. The summed E-state index contributed by atoms with van der Waals surface area (Å²) in [6.45, 7) is 0.435. The first-order valence-corrected chi connectivity index (χ1v) is 4.66. The van der Waals surface area contributed by atoms with Crippen LogP contribution in [0.1, 0.15) is 5.56 Å². The second-order valence-corrected chi connectivity index (χ2v) is 3.59. The maximum Gasteiger partial charge on any atom is 0.124 e. The molecule has 0 unspecified atom stereocenters. The van der Waals surface area contributed by atoms with E-state index in [-0.39, 0.29) is 0 Å². The second-order valence-electron chi connectivity index (χ2n) is 2.74. The van der Waals surface area contributed by atoms with Crippen LogP contribution in [0, 0.1) is 0 Å². The number of halogens is 1. The van der Waals surface area contributed by atoms with Crippen molar-refractivity contribution in [2.45, 2.75) is 6.54 Å². The Kier molecular flexibility index (Phi) is 3.71. The van der Waals surface area contributed by atoms with Crippen LogP contribution in [0.15, 0.2) is 22.7 Å². The first-order chi connectivity index (χ1) is 6.15. The van der Waals surface area contributed by atoms with Gasteiger partial charge in [-0.05, 0) is 12.1 Å². The molecule has 4 heteroatoms. The maximum absolute atomic E-state index is 9.11. The minimum Gasteiger partial charge on any atom is -0.496 e. The molecule has 0 amide bonds. The van der Waals surface area contributed by atoms with Gasteiger partial charge >= 0.3 is 0 Å². The van der Waals surface area contributed by atoms with Gasteiger partial charge in [0.05, 0.1) is 13.7 Å². The quantitative estimate of drug-likeness (QED) is 0.830. The van der Waals surface area contributed by atoms with Crippen LogP contribution >= 0.6 is 15.9 Å². The highest BCUT2D eigenvalue weighted by atomic mass is 79.9. The average Bonchev–Trinajstić information content (AvgIpc) is 2.08. The summed E-state index contributed by atoms with van der Waals surface area (Å²) in [5, 5.41) is 10.2. The third-order valence-corrected chi connectivity index (χ3v) is 2.43. The molecule has 1 aromatic rings. The van der Waals surface area contributed by atoms with Crippen molar-refractivity contribution in [1.82, 2.24) is 5.06 Å². The molecule has 1 aromatic carbocycles. The van der Waals surface area contributed by atoms with E-state index < -0.39 is 0 Å². The number of ether oxygens (including phenoxy) is 1. The number of benzene rings is 1. The standard InChI is InChI=1S/C9H12BrNO2/c1-11(12)6-7-8(10)4-3-5-9(7)13-2/h3-5,12H,6H2,1-2H3. The average molecular weight is 246 g/mol. The lowest BCUT2D eigenvalue weighted by Crippen LogP contribution is -2.12. The number of hydroxylamine groups is 2.